The molecule has 0 fully saturated rings. The number of aliphatic hydroxyl groups is 1. The first-order valence-electron chi connectivity index (χ1n) is 6.74. The van der Waals surface area contributed by atoms with Crippen LogP contribution in [-0.2, 0) is 0 Å². The molecule has 0 aliphatic rings. The summed E-state index contributed by atoms with van der Waals surface area (Å²) >= 11 is 0. The van der Waals surface area contributed by atoms with E-state index in [1.54, 1.807) is 12.4 Å². The van der Waals surface area contributed by atoms with Crippen molar-refractivity contribution in [1.82, 2.24) is 15.0 Å². The van der Waals surface area contributed by atoms with Gasteiger partial charge in [0.15, 0.2) is 5.65 Å². The van der Waals surface area contributed by atoms with Gasteiger partial charge in [-0.05, 0) is 11.5 Å². The maximum atomic E-state index is 10.5. The third-order valence-corrected chi connectivity index (χ3v) is 3.46. The molecule has 0 saturated carbocycles. The Morgan fingerprint density at radius 1 is 1.05 bits per heavy atom. The zero-order valence-corrected chi connectivity index (χ0v) is 11.5. The largest absolute Gasteiger partial charge is 0.388 e. The minimum atomic E-state index is -0.573. The van der Waals surface area contributed by atoms with Gasteiger partial charge < -0.3 is 10.1 Å². The molecule has 2 N–H and O–H groups in total. The van der Waals surface area contributed by atoms with Crippen LogP contribution in [0, 0.1) is 5.92 Å². The molecule has 1 aromatic carbocycles. The number of aromatic nitrogens is 3. The summed E-state index contributed by atoms with van der Waals surface area (Å²) in [5.74, 6) is 0.110. The van der Waals surface area contributed by atoms with Gasteiger partial charge in [0.2, 0.25) is 0 Å². The van der Waals surface area contributed by atoms with E-state index in [1.807, 2.05) is 44.2 Å². The van der Waals surface area contributed by atoms with Gasteiger partial charge in [0.1, 0.15) is 5.52 Å². The lowest BCUT2D eigenvalue weighted by Crippen LogP contribution is -2.06. The second kappa shape index (κ2) is 5.06. The first-order valence-corrected chi connectivity index (χ1v) is 6.74. The fourth-order valence-electron chi connectivity index (χ4n) is 2.38. The van der Waals surface area contributed by atoms with E-state index in [9.17, 15) is 5.11 Å². The normalized spacial score (nSPS) is 13.0. The molecule has 1 unspecified atom stereocenters. The number of hydrogen-bond acceptors (Lipinski definition) is 3. The molecule has 0 spiro atoms. The van der Waals surface area contributed by atoms with Crippen LogP contribution in [0.5, 0.6) is 0 Å². The number of benzene rings is 1. The van der Waals surface area contributed by atoms with E-state index in [-0.39, 0.29) is 5.92 Å². The van der Waals surface area contributed by atoms with Gasteiger partial charge in [0, 0.05) is 18.0 Å². The molecule has 20 heavy (non-hydrogen) atoms. The maximum Gasteiger partial charge on any atom is 0.156 e. The van der Waals surface area contributed by atoms with Gasteiger partial charge in [-0.2, -0.15) is 0 Å². The zero-order chi connectivity index (χ0) is 14.1. The summed E-state index contributed by atoms with van der Waals surface area (Å²) in [5.41, 5.74) is 4.21. The highest BCUT2D eigenvalue weighted by Crippen LogP contribution is 2.35. The summed E-state index contributed by atoms with van der Waals surface area (Å²) in [5, 5.41) is 10.5. The Balaban J connectivity index is 2.28. The van der Waals surface area contributed by atoms with Crippen LogP contribution < -0.4 is 0 Å². The van der Waals surface area contributed by atoms with Crippen LogP contribution in [0.4, 0.5) is 0 Å². The van der Waals surface area contributed by atoms with Gasteiger partial charge in [-0.3, -0.25) is 4.98 Å². The quantitative estimate of drug-likeness (QED) is 0.765. The van der Waals surface area contributed by atoms with Crippen molar-refractivity contribution >= 4 is 11.2 Å². The molecule has 0 aliphatic heterocycles. The third kappa shape index (κ3) is 2.08. The van der Waals surface area contributed by atoms with E-state index in [1.165, 1.54) is 0 Å². The first-order chi connectivity index (χ1) is 9.68. The van der Waals surface area contributed by atoms with Gasteiger partial charge in [-0.15, -0.1) is 0 Å². The van der Waals surface area contributed by atoms with Crippen molar-refractivity contribution < 1.29 is 5.11 Å². The van der Waals surface area contributed by atoms with Crippen molar-refractivity contribution in [2.75, 3.05) is 0 Å². The number of fused-ring (bicyclic) bond motifs is 1. The van der Waals surface area contributed by atoms with Crippen molar-refractivity contribution in [1.29, 1.82) is 0 Å². The second-order valence-electron chi connectivity index (χ2n) is 5.22. The molecule has 2 aromatic heterocycles. The van der Waals surface area contributed by atoms with E-state index >= 15 is 0 Å². The van der Waals surface area contributed by atoms with Crippen molar-refractivity contribution in [3.8, 4) is 11.3 Å². The number of nitrogens with zero attached hydrogens (tertiary/aromatic N) is 2. The SMILES string of the molecule is CC(C)C(O)c1c(-c2ccccc2)[nH]c2nccnc12. The van der Waals surface area contributed by atoms with E-state index in [4.69, 9.17) is 0 Å². The van der Waals surface area contributed by atoms with Gasteiger partial charge in [-0.1, -0.05) is 44.2 Å². The van der Waals surface area contributed by atoms with Gasteiger partial charge in [0.25, 0.3) is 0 Å². The Morgan fingerprint density at radius 2 is 1.75 bits per heavy atom. The topological polar surface area (TPSA) is 61.8 Å². The second-order valence-corrected chi connectivity index (χ2v) is 5.22. The van der Waals surface area contributed by atoms with Crippen LogP contribution in [0.2, 0.25) is 0 Å². The molecule has 102 valence electrons. The minimum absolute atomic E-state index is 0.110. The molecular formula is C16H17N3O. The van der Waals surface area contributed by atoms with Crippen LogP contribution >= 0.6 is 0 Å². The summed E-state index contributed by atoms with van der Waals surface area (Å²) in [6.45, 7) is 3.99. The highest BCUT2D eigenvalue weighted by Gasteiger charge is 2.23. The van der Waals surface area contributed by atoms with Crippen LogP contribution in [0.25, 0.3) is 22.4 Å². The summed E-state index contributed by atoms with van der Waals surface area (Å²) in [6, 6.07) is 9.96. The van der Waals surface area contributed by atoms with Crippen molar-refractivity contribution in [2.24, 2.45) is 5.92 Å². The van der Waals surface area contributed by atoms with Gasteiger partial charge in [0.05, 0.1) is 11.8 Å². The highest BCUT2D eigenvalue weighted by molar-refractivity contribution is 5.85. The van der Waals surface area contributed by atoms with Crippen LogP contribution in [0.15, 0.2) is 42.7 Å². The van der Waals surface area contributed by atoms with Gasteiger partial charge in [-0.25, -0.2) is 4.98 Å². The molecule has 3 rings (SSSR count). The van der Waals surface area contributed by atoms with Crippen molar-refractivity contribution in [3.63, 3.8) is 0 Å². The number of hydrogen-bond donors (Lipinski definition) is 2. The fourth-order valence-corrected chi connectivity index (χ4v) is 2.38. The van der Waals surface area contributed by atoms with Crippen molar-refractivity contribution in [2.45, 2.75) is 20.0 Å². The van der Waals surface area contributed by atoms with E-state index < -0.39 is 6.10 Å². The van der Waals surface area contributed by atoms with Gasteiger partial charge >= 0.3 is 0 Å². The molecule has 2 heterocycles. The first kappa shape index (κ1) is 12.8. The lowest BCUT2D eigenvalue weighted by Gasteiger charge is -2.15. The standard InChI is InChI=1S/C16H17N3O/c1-10(2)15(20)12-13(11-6-4-3-5-7-11)19-16-14(12)17-8-9-18-16/h3-10,15,20H,1-2H3,(H,18,19). The summed E-state index contributed by atoms with van der Waals surface area (Å²) in [6.07, 6.45) is 2.73. The fraction of sp³-hybridized carbons (Fsp3) is 0.250. The third-order valence-electron chi connectivity index (χ3n) is 3.46. The Hall–Kier alpha value is -2.20. The van der Waals surface area contributed by atoms with Crippen LogP contribution in [0.3, 0.4) is 0 Å². The number of rotatable bonds is 3. The molecule has 0 amide bonds. The van der Waals surface area contributed by atoms with Crippen molar-refractivity contribution in [3.05, 3.63) is 48.3 Å². The molecule has 4 heteroatoms. The number of nitrogens with one attached hydrogen (secondary N) is 1. The van der Waals surface area contributed by atoms with Crippen LogP contribution in [-0.4, -0.2) is 20.1 Å². The molecule has 0 bridgehead atoms. The molecule has 0 aliphatic carbocycles. The summed E-state index contributed by atoms with van der Waals surface area (Å²) in [4.78, 5) is 12.0. The molecule has 1 atom stereocenters. The highest BCUT2D eigenvalue weighted by atomic mass is 16.3. The average Bonchev–Trinajstić information content (AvgIpc) is 2.86. The minimum Gasteiger partial charge on any atom is -0.388 e. The smallest absolute Gasteiger partial charge is 0.156 e. The zero-order valence-electron chi connectivity index (χ0n) is 11.5. The Labute approximate surface area is 117 Å². The summed E-state index contributed by atoms with van der Waals surface area (Å²) < 4.78 is 0. The lowest BCUT2D eigenvalue weighted by molar-refractivity contribution is 0.128. The predicted octanol–water partition coefficient (Wildman–Crippen LogP) is 3.31. The molecule has 0 radical (unpaired) electrons. The number of aromatic amines is 1. The van der Waals surface area contributed by atoms with Crippen LogP contribution in [0.1, 0.15) is 25.5 Å². The Kier molecular flexibility index (Phi) is 3.24. The Bertz CT molecular complexity index is 719. The van der Waals surface area contributed by atoms with E-state index in [0.717, 1.165) is 22.3 Å². The average molecular weight is 267 g/mol. The maximum absolute atomic E-state index is 10.5. The predicted molar refractivity (Wildman–Crippen MR) is 79.1 cm³/mol. The van der Waals surface area contributed by atoms with E-state index in [0.29, 0.717) is 5.65 Å². The molecule has 3 aromatic rings. The number of H-pyrrole nitrogens is 1. The molecular weight excluding hydrogens is 250 g/mol. The Morgan fingerprint density at radius 3 is 2.45 bits per heavy atom. The monoisotopic (exact) mass is 267 g/mol. The molecule has 0 saturated heterocycles. The lowest BCUT2D eigenvalue weighted by atomic mass is 9.96. The molecule has 4 nitrogen and oxygen atoms in total. The summed E-state index contributed by atoms with van der Waals surface area (Å²) in [7, 11) is 0. The number of aliphatic hydroxyl groups excluding tert-OH is 1. The van der Waals surface area contributed by atoms with E-state index in [2.05, 4.69) is 15.0 Å².